The molecule has 2 N–H and O–H groups in total. The number of benzene rings is 2. The number of allylic oxidation sites excluding steroid dienone is 1. The summed E-state index contributed by atoms with van der Waals surface area (Å²) in [6.45, 7) is 0.599. The van der Waals surface area contributed by atoms with E-state index in [1.807, 2.05) is 0 Å². The molecule has 0 aliphatic rings. The van der Waals surface area contributed by atoms with E-state index in [4.69, 9.17) is 0 Å². The second kappa shape index (κ2) is 11.7. The number of alkyl halides is 2. The Morgan fingerprint density at radius 1 is 1.23 bits per heavy atom. The minimum absolute atomic E-state index is 0.0252. The molecule has 0 aliphatic heterocycles. The normalized spacial score (nSPS) is 10.8. The largest absolute Gasteiger partial charge is 0.434 e. The van der Waals surface area contributed by atoms with Crippen molar-refractivity contribution in [2.24, 2.45) is 7.05 Å². The van der Waals surface area contributed by atoms with Crippen molar-refractivity contribution in [3.63, 3.8) is 0 Å². The number of pyridine rings is 1. The fraction of sp³-hybridized carbons (Fsp3) is 0.200. The van der Waals surface area contributed by atoms with E-state index < -0.39 is 12.4 Å². The molecule has 1 heterocycles. The van der Waals surface area contributed by atoms with E-state index in [1.54, 1.807) is 25.3 Å². The highest BCUT2D eigenvalue weighted by molar-refractivity contribution is 9.10. The Bertz CT molecular complexity index is 1290. The Balaban J connectivity index is 2.01. The first kappa shape index (κ1) is 26.1. The quantitative estimate of drug-likeness (QED) is 0.301. The number of rotatable bonds is 10. The van der Waals surface area contributed by atoms with Gasteiger partial charge in [-0.25, -0.2) is 4.39 Å². The van der Waals surface area contributed by atoms with Crippen LogP contribution < -0.4 is 20.9 Å². The Hall–Kier alpha value is -3.53. The lowest BCUT2D eigenvalue weighted by molar-refractivity contribution is -0.116. The smallest absolute Gasteiger partial charge is 0.387 e. The van der Waals surface area contributed by atoms with Gasteiger partial charge in [0.1, 0.15) is 11.6 Å². The van der Waals surface area contributed by atoms with E-state index in [1.165, 1.54) is 41.1 Å². The second-order valence-corrected chi connectivity index (χ2v) is 8.42. The summed E-state index contributed by atoms with van der Waals surface area (Å²) < 4.78 is 47.3. The molecule has 3 aromatic rings. The molecule has 0 fully saturated rings. The number of hydrogen-bond acceptors (Lipinski definition) is 4. The van der Waals surface area contributed by atoms with Crippen LogP contribution in [0.2, 0.25) is 0 Å². The zero-order valence-corrected chi connectivity index (χ0v) is 20.4. The summed E-state index contributed by atoms with van der Waals surface area (Å²) in [6, 6.07) is 10.1. The first-order chi connectivity index (χ1) is 16.7. The number of aryl methyl sites for hydroxylation is 1. The molecule has 10 heteroatoms. The second-order valence-electron chi connectivity index (χ2n) is 7.57. The molecule has 35 heavy (non-hydrogen) atoms. The molecular weight excluding hydrogens is 527 g/mol. The summed E-state index contributed by atoms with van der Waals surface area (Å²) in [5, 5.41) is 5.76. The standard InChI is InChI=1S/C25H23BrF3N3O3/c1-3-4-8-23(33)31-21-12-19(27)16(15-9-10-24(34)32(2)14-15)11-20(21)30-13-17-18(26)6-5-7-22(17)35-25(28)29/h3,5-7,9-12,14,25,30H,1,4,8,13H2,2H3,(H,31,33). The molecule has 1 aromatic heterocycles. The van der Waals surface area contributed by atoms with E-state index in [2.05, 4.69) is 37.9 Å². The molecule has 0 bridgehead atoms. The minimum Gasteiger partial charge on any atom is -0.434 e. The average Bonchev–Trinajstić information content (AvgIpc) is 2.80. The van der Waals surface area contributed by atoms with Gasteiger partial charge in [-0.2, -0.15) is 8.78 Å². The van der Waals surface area contributed by atoms with Gasteiger partial charge in [0.05, 0.1) is 11.4 Å². The van der Waals surface area contributed by atoms with E-state index in [-0.39, 0.29) is 41.4 Å². The number of ether oxygens (including phenoxy) is 1. The Kier molecular flexibility index (Phi) is 8.75. The van der Waals surface area contributed by atoms with E-state index in [0.29, 0.717) is 27.7 Å². The predicted octanol–water partition coefficient (Wildman–Crippen LogP) is 6.07. The van der Waals surface area contributed by atoms with E-state index in [9.17, 15) is 18.4 Å². The molecule has 6 nitrogen and oxygen atoms in total. The van der Waals surface area contributed by atoms with Gasteiger partial charge < -0.3 is 19.9 Å². The number of carbonyl (C=O) groups excluding carboxylic acids is 1. The van der Waals surface area contributed by atoms with Gasteiger partial charge >= 0.3 is 6.61 Å². The molecule has 0 saturated carbocycles. The number of hydrogen-bond donors (Lipinski definition) is 2. The molecular formula is C25H23BrF3N3O3. The Morgan fingerprint density at radius 2 is 2.00 bits per heavy atom. The molecule has 3 rings (SSSR count). The third-order valence-electron chi connectivity index (χ3n) is 5.10. The fourth-order valence-electron chi connectivity index (χ4n) is 3.34. The predicted molar refractivity (Wildman–Crippen MR) is 133 cm³/mol. The van der Waals surface area contributed by atoms with Gasteiger partial charge in [0.25, 0.3) is 0 Å². The Labute approximate surface area is 208 Å². The summed E-state index contributed by atoms with van der Waals surface area (Å²) in [4.78, 5) is 24.1. The van der Waals surface area contributed by atoms with Crippen LogP contribution in [0.15, 0.2) is 70.6 Å². The number of nitrogens with zero attached hydrogens (tertiary/aromatic N) is 1. The molecule has 2 aromatic carbocycles. The van der Waals surface area contributed by atoms with Gasteiger partial charge in [0.15, 0.2) is 0 Å². The van der Waals surface area contributed by atoms with Crippen LogP contribution in [0, 0.1) is 5.82 Å². The van der Waals surface area contributed by atoms with Gasteiger partial charge in [-0.05, 0) is 30.7 Å². The highest BCUT2D eigenvalue weighted by Crippen LogP contribution is 2.34. The maximum atomic E-state index is 15.1. The van der Waals surface area contributed by atoms with Crippen LogP contribution in [-0.2, 0) is 18.4 Å². The zero-order chi connectivity index (χ0) is 25.5. The monoisotopic (exact) mass is 549 g/mol. The third-order valence-corrected chi connectivity index (χ3v) is 5.84. The number of anilines is 2. The lowest BCUT2D eigenvalue weighted by Crippen LogP contribution is -2.15. The average molecular weight is 550 g/mol. The molecule has 0 atom stereocenters. The SMILES string of the molecule is C=CCCC(=O)Nc1cc(F)c(-c2ccc(=O)n(C)c2)cc1NCc1c(Br)cccc1OC(F)F. The minimum atomic E-state index is -3.01. The lowest BCUT2D eigenvalue weighted by atomic mass is 10.0. The lowest BCUT2D eigenvalue weighted by Gasteiger charge is -2.18. The summed E-state index contributed by atoms with van der Waals surface area (Å²) in [7, 11) is 1.55. The van der Waals surface area contributed by atoms with Gasteiger partial charge in [-0.3, -0.25) is 9.59 Å². The van der Waals surface area contributed by atoms with E-state index in [0.717, 1.165) is 0 Å². The molecule has 0 spiro atoms. The molecule has 184 valence electrons. The number of halogens is 4. The van der Waals surface area contributed by atoms with E-state index >= 15 is 4.39 Å². The topological polar surface area (TPSA) is 72.4 Å². The summed E-state index contributed by atoms with van der Waals surface area (Å²) >= 11 is 3.34. The van der Waals surface area contributed by atoms with Crippen LogP contribution in [0.5, 0.6) is 5.75 Å². The highest BCUT2D eigenvalue weighted by atomic mass is 79.9. The maximum absolute atomic E-state index is 15.1. The van der Waals surface area contributed by atoms with Crippen LogP contribution in [-0.4, -0.2) is 17.1 Å². The molecule has 0 radical (unpaired) electrons. The highest BCUT2D eigenvalue weighted by Gasteiger charge is 2.17. The van der Waals surface area contributed by atoms with Crippen molar-refractivity contribution in [3.05, 3.63) is 87.5 Å². The summed E-state index contributed by atoms with van der Waals surface area (Å²) in [6.07, 6.45) is 3.69. The number of aromatic nitrogens is 1. The number of amides is 1. The first-order valence-electron chi connectivity index (χ1n) is 10.6. The molecule has 0 unspecified atom stereocenters. The van der Waals surface area contributed by atoms with Crippen molar-refractivity contribution in [1.29, 1.82) is 0 Å². The van der Waals surface area contributed by atoms with Crippen LogP contribution in [0.3, 0.4) is 0 Å². The van der Waals surface area contributed by atoms with Gasteiger partial charge in [-0.1, -0.05) is 28.1 Å². The number of carbonyl (C=O) groups is 1. The van der Waals surface area contributed by atoms with Crippen molar-refractivity contribution < 1.29 is 22.7 Å². The summed E-state index contributed by atoms with van der Waals surface area (Å²) in [5.74, 6) is -0.987. The molecule has 0 saturated heterocycles. The van der Waals surface area contributed by atoms with Crippen LogP contribution in [0.25, 0.3) is 11.1 Å². The fourth-order valence-corrected chi connectivity index (χ4v) is 3.83. The third kappa shape index (κ3) is 6.75. The van der Waals surface area contributed by atoms with Gasteiger partial charge in [0, 0.05) is 59.5 Å². The van der Waals surface area contributed by atoms with Crippen molar-refractivity contribution in [2.45, 2.75) is 26.0 Å². The van der Waals surface area contributed by atoms with Crippen molar-refractivity contribution in [2.75, 3.05) is 10.6 Å². The van der Waals surface area contributed by atoms with Crippen molar-refractivity contribution in [3.8, 4) is 16.9 Å². The van der Waals surface area contributed by atoms with Crippen molar-refractivity contribution >= 4 is 33.2 Å². The molecule has 0 aliphatic carbocycles. The zero-order valence-electron chi connectivity index (χ0n) is 18.8. The first-order valence-corrected chi connectivity index (χ1v) is 11.4. The maximum Gasteiger partial charge on any atom is 0.387 e. The van der Waals surface area contributed by atoms with Gasteiger partial charge in [0.2, 0.25) is 11.5 Å². The number of nitrogens with one attached hydrogen (secondary N) is 2. The van der Waals surface area contributed by atoms with Crippen molar-refractivity contribution in [1.82, 2.24) is 4.57 Å². The van der Waals surface area contributed by atoms with Gasteiger partial charge in [-0.15, -0.1) is 6.58 Å². The summed E-state index contributed by atoms with van der Waals surface area (Å²) in [5.41, 5.74) is 1.31. The van der Waals surface area contributed by atoms with Crippen LogP contribution >= 0.6 is 15.9 Å². The van der Waals surface area contributed by atoms with Crippen LogP contribution in [0.1, 0.15) is 18.4 Å². The van der Waals surface area contributed by atoms with Crippen LogP contribution in [0.4, 0.5) is 24.5 Å². The molecule has 1 amide bonds. The Morgan fingerprint density at radius 3 is 2.69 bits per heavy atom.